The second-order valence-corrected chi connectivity index (χ2v) is 10.2. The number of rotatable bonds is 7. The van der Waals surface area contributed by atoms with Gasteiger partial charge in [0.2, 0.25) is 15.9 Å². The van der Waals surface area contributed by atoms with Crippen LogP contribution in [-0.4, -0.2) is 25.2 Å². The second-order valence-electron chi connectivity index (χ2n) is 7.07. The van der Waals surface area contributed by atoms with Crippen molar-refractivity contribution in [2.75, 3.05) is 11.9 Å². The molecule has 3 rings (SSSR count). The van der Waals surface area contributed by atoms with E-state index in [0.717, 1.165) is 16.4 Å². The van der Waals surface area contributed by atoms with Gasteiger partial charge in [-0.2, -0.15) is 17.5 Å². The molecule has 0 saturated carbocycles. The molecule has 1 N–H and O–H groups in total. The van der Waals surface area contributed by atoms with Crippen LogP contribution in [0.25, 0.3) is 0 Å². The van der Waals surface area contributed by atoms with E-state index in [4.69, 9.17) is 34.8 Å². The number of alkyl halides is 3. The third-order valence-electron chi connectivity index (χ3n) is 4.59. The van der Waals surface area contributed by atoms with Crippen LogP contribution >= 0.6 is 34.8 Å². The molecule has 0 aromatic heterocycles. The van der Waals surface area contributed by atoms with Crippen molar-refractivity contribution in [2.45, 2.75) is 17.6 Å². The van der Waals surface area contributed by atoms with Crippen LogP contribution in [0, 0.1) is 0 Å². The van der Waals surface area contributed by atoms with Gasteiger partial charge >= 0.3 is 6.18 Å². The minimum absolute atomic E-state index is 0.101. The first-order chi connectivity index (χ1) is 15.9. The highest BCUT2D eigenvalue weighted by Crippen LogP contribution is 2.36. The molecule has 5 nitrogen and oxygen atoms in total. The van der Waals surface area contributed by atoms with Crippen molar-refractivity contribution < 1.29 is 26.4 Å². The molecular weight excluding hydrogens is 536 g/mol. The van der Waals surface area contributed by atoms with Crippen LogP contribution in [-0.2, 0) is 27.5 Å². The predicted molar refractivity (Wildman–Crippen MR) is 126 cm³/mol. The molecule has 0 aliphatic rings. The number of halogens is 6. The minimum atomic E-state index is -4.73. The molecule has 0 fully saturated rings. The number of amides is 1. The summed E-state index contributed by atoms with van der Waals surface area (Å²) in [5.41, 5.74) is -0.756. The lowest BCUT2D eigenvalue weighted by Gasteiger charge is -2.23. The van der Waals surface area contributed by atoms with Crippen molar-refractivity contribution in [2.24, 2.45) is 0 Å². The van der Waals surface area contributed by atoms with Crippen LogP contribution < -0.4 is 5.32 Å². The molecule has 3 aromatic carbocycles. The molecule has 0 spiro atoms. The zero-order valence-corrected chi connectivity index (χ0v) is 20.2. The average molecular weight is 552 g/mol. The third kappa shape index (κ3) is 6.43. The van der Waals surface area contributed by atoms with Crippen molar-refractivity contribution in [1.82, 2.24) is 4.31 Å². The van der Waals surface area contributed by atoms with Crippen LogP contribution in [0.2, 0.25) is 15.1 Å². The number of anilines is 1. The lowest BCUT2D eigenvalue weighted by molar-refractivity contribution is -0.137. The molecule has 12 heteroatoms. The van der Waals surface area contributed by atoms with E-state index in [9.17, 15) is 26.4 Å². The Bertz CT molecular complexity index is 1300. The van der Waals surface area contributed by atoms with E-state index in [2.05, 4.69) is 5.32 Å². The molecule has 0 aliphatic carbocycles. The largest absolute Gasteiger partial charge is 0.417 e. The molecule has 180 valence electrons. The average Bonchev–Trinajstić information content (AvgIpc) is 2.76. The van der Waals surface area contributed by atoms with Gasteiger partial charge in [0.15, 0.2) is 0 Å². The number of benzene rings is 3. The summed E-state index contributed by atoms with van der Waals surface area (Å²) in [7, 11) is -4.32. The maximum absolute atomic E-state index is 13.4. The van der Waals surface area contributed by atoms with Gasteiger partial charge in [-0.1, -0.05) is 65.1 Å². The minimum Gasteiger partial charge on any atom is -0.325 e. The third-order valence-corrected chi connectivity index (χ3v) is 7.43. The highest BCUT2D eigenvalue weighted by atomic mass is 35.5. The summed E-state index contributed by atoms with van der Waals surface area (Å²) < 4.78 is 67.0. The van der Waals surface area contributed by atoms with E-state index in [1.165, 1.54) is 18.2 Å². The quantitative estimate of drug-likeness (QED) is 0.365. The zero-order valence-electron chi connectivity index (χ0n) is 17.1. The van der Waals surface area contributed by atoms with Crippen molar-refractivity contribution in [3.8, 4) is 0 Å². The number of sulfonamides is 1. The SMILES string of the molecule is O=C(CN(Cc1ccccc1)S(=O)(=O)c1cc(Cl)ccc1Cl)Nc1ccc(Cl)c(C(F)(F)F)c1. The predicted octanol–water partition coefficient (Wildman–Crippen LogP) is 6.50. The normalized spacial score (nSPS) is 12.1. The Balaban J connectivity index is 1.92. The smallest absolute Gasteiger partial charge is 0.325 e. The molecule has 3 aromatic rings. The number of hydrogen-bond acceptors (Lipinski definition) is 3. The maximum Gasteiger partial charge on any atom is 0.417 e. The zero-order chi connectivity index (χ0) is 25.1. The maximum atomic E-state index is 13.4. The molecule has 0 atom stereocenters. The molecule has 0 radical (unpaired) electrons. The monoisotopic (exact) mass is 550 g/mol. The Morgan fingerprint density at radius 3 is 2.21 bits per heavy atom. The van der Waals surface area contributed by atoms with Gasteiger partial charge in [0.1, 0.15) is 4.90 Å². The summed E-state index contributed by atoms with van der Waals surface area (Å²) in [6.45, 7) is -0.905. The standard InChI is InChI=1S/C22H16Cl3F3N2O3S/c23-15-6-8-19(25)20(10-15)34(32,33)30(12-14-4-2-1-3-5-14)13-21(31)29-16-7-9-18(24)17(11-16)22(26,27)28/h1-11H,12-13H2,(H,29,31). The van der Waals surface area contributed by atoms with Gasteiger partial charge in [-0.3, -0.25) is 4.79 Å². The van der Waals surface area contributed by atoms with Gasteiger partial charge in [-0.15, -0.1) is 0 Å². The Hall–Kier alpha value is -2.30. The molecule has 0 saturated heterocycles. The van der Waals surface area contributed by atoms with E-state index in [1.807, 2.05) is 0 Å². The van der Waals surface area contributed by atoms with Gasteiger partial charge in [-0.25, -0.2) is 8.42 Å². The summed E-state index contributed by atoms with van der Waals surface area (Å²) in [5, 5.41) is 1.77. The van der Waals surface area contributed by atoms with Crippen LogP contribution in [0.4, 0.5) is 18.9 Å². The summed E-state index contributed by atoms with van der Waals surface area (Å²) >= 11 is 17.6. The molecule has 0 unspecified atom stereocenters. The van der Waals surface area contributed by atoms with Crippen LogP contribution in [0.5, 0.6) is 0 Å². The molecule has 1 amide bonds. The van der Waals surface area contributed by atoms with E-state index in [-0.39, 0.29) is 27.2 Å². The van der Waals surface area contributed by atoms with Crippen molar-refractivity contribution in [1.29, 1.82) is 0 Å². The summed E-state index contributed by atoms with van der Waals surface area (Å²) in [5.74, 6) is -0.867. The van der Waals surface area contributed by atoms with Crippen molar-refractivity contribution >= 4 is 56.4 Å². The van der Waals surface area contributed by atoms with Crippen molar-refractivity contribution in [3.63, 3.8) is 0 Å². The number of carbonyl (C=O) groups excluding carboxylic acids is 1. The molecule has 34 heavy (non-hydrogen) atoms. The Morgan fingerprint density at radius 2 is 1.56 bits per heavy atom. The summed E-state index contributed by atoms with van der Waals surface area (Å²) in [6.07, 6.45) is -4.73. The number of nitrogens with one attached hydrogen (secondary N) is 1. The van der Waals surface area contributed by atoms with Gasteiger partial charge in [0.25, 0.3) is 0 Å². The van der Waals surface area contributed by atoms with Gasteiger partial charge in [0.05, 0.1) is 22.2 Å². The fraction of sp³-hybridized carbons (Fsp3) is 0.136. The number of hydrogen-bond donors (Lipinski definition) is 1. The molecule has 0 bridgehead atoms. The highest BCUT2D eigenvalue weighted by Gasteiger charge is 2.34. The topological polar surface area (TPSA) is 66.5 Å². The Morgan fingerprint density at radius 1 is 0.912 bits per heavy atom. The number of nitrogens with zero attached hydrogens (tertiary/aromatic N) is 1. The Kier molecular flexibility index (Phi) is 8.15. The van der Waals surface area contributed by atoms with E-state index in [1.54, 1.807) is 30.3 Å². The van der Waals surface area contributed by atoms with Crippen LogP contribution in [0.1, 0.15) is 11.1 Å². The van der Waals surface area contributed by atoms with E-state index >= 15 is 0 Å². The number of carbonyl (C=O) groups is 1. The molecule has 0 heterocycles. The fourth-order valence-electron chi connectivity index (χ4n) is 3.01. The van der Waals surface area contributed by atoms with Gasteiger partial charge in [0, 0.05) is 17.3 Å². The van der Waals surface area contributed by atoms with E-state index < -0.39 is 39.2 Å². The highest BCUT2D eigenvalue weighted by molar-refractivity contribution is 7.89. The van der Waals surface area contributed by atoms with Crippen LogP contribution in [0.3, 0.4) is 0 Å². The first-order valence-electron chi connectivity index (χ1n) is 9.53. The van der Waals surface area contributed by atoms with Gasteiger partial charge < -0.3 is 5.32 Å². The fourth-order valence-corrected chi connectivity index (χ4v) is 5.35. The van der Waals surface area contributed by atoms with Crippen LogP contribution in [0.15, 0.2) is 71.6 Å². The van der Waals surface area contributed by atoms with Gasteiger partial charge in [-0.05, 0) is 42.0 Å². The summed E-state index contributed by atoms with van der Waals surface area (Å²) in [6, 6.07) is 15.2. The van der Waals surface area contributed by atoms with E-state index in [0.29, 0.717) is 11.6 Å². The molecule has 0 aliphatic heterocycles. The summed E-state index contributed by atoms with van der Waals surface area (Å²) in [4.78, 5) is 12.4. The lowest BCUT2D eigenvalue weighted by atomic mass is 10.2. The lowest BCUT2D eigenvalue weighted by Crippen LogP contribution is -2.37. The Labute approximate surface area is 209 Å². The first kappa shape index (κ1) is 26.3. The van der Waals surface area contributed by atoms with Crippen molar-refractivity contribution in [3.05, 3.63) is 92.9 Å². The second kappa shape index (κ2) is 10.5. The molecular formula is C22H16Cl3F3N2O3S. The first-order valence-corrected chi connectivity index (χ1v) is 12.1.